The summed E-state index contributed by atoms with van der Waals surface area (Å²) >= 11 is 0. The number of hydrogen-bond acceptors (Lipinski definition) is 2. The number of carbonyl (C=O) groups is 1. The van der Waals surface area contributed by atoms with Crippen molar-refractivity contribution in [3.8, 4) is 0 Å². The average molecular weight is 340 g/mol. The number of amidine groups is 1. The van der Waals surface area contributed by atoms with Gasteiger partial charge >= 0.3 is 0 Å². The molecule has 0 radical (unpaired) electrons. The molecule has 0 saturated heterocycles. The molecule has 1 aromatic rings. The van der Waals surface area contributed by atoms with E-state index in [-0.39, 0.29) is 24.1 Å². The highest BCUT2D eigenvalue weighted by Gasteiger charge is 2.11. The molecule has 1 aromatic carbocycles. The first kappa shape index (κ1) is 21.4. The van der Waals surface area contributed by atoms with E-state index in [0.29, 0.717) is 5.56 Å². The lowest BCUT2D eigenvalue weighted by atomic mass is 10.0. The fraction of sp³-hybridized carbons (Fsp3) is 0.556. The molecule has 0 spiro atoms. The number of carbonyl (C=O) groups excluding carboxylic acids is 1. The van der Waals surface area contributed by atoms with Crippen LogP contribution in [0.5, 0.6) is 0 Å². The summed E-state index contributed by atoms with van der Waals surface area (Å²) in [7, 11) is 0. The molecule has 0 bridgehead atoms. The maximum Gasteiger partial charge on any atom is 0.251 e. The Balaban J connectivity index is 0.00000484. The first-order valence-corrected chi connectivity index (χ1v) is 8.28. The molecular weight excluding hydrogens is 310 g/mol. The van der Waals surface area contributed by atoms with Crippen molar-refractivity contribution in [2.45, 2.75) is 64.8 Å². The van der Waals surface area contributed by atoms with Crippen molar-refractivity contribution in [3.05, 3.63) is 35.4 Å². The molecule has 1 amide bonds. The first-order chi connectivity index (χ1) is 10.5. The number of nitrogens with one attached hydrogen (secondary N) is 2. The van der Waals surface area contributed by atoms with E-state index in [4.69, 9.17) is 11.1 Å². The lowest BCUT2D eigenvalue weighted by Gasteiger charge is -2.12. The molecule has 0 aliphatic rings. The molecule has 5 heteroatoms. The van der Waals surface area contributed by atoms with E-state index in [2.05, 4.69) is 12.2 Å². The Bertz CT molecular complexity index is 474. The van der Waals surface area contributed by atoms with Gasteiger partial charge in [0.2, 0.25) is 0 Å². The highest BCUT2D eigenvalue weighted by molar-refractivity contribution is 5.97. The third kappa shape index (κ3) is 8.60. The van der Waals surface area contributed by atoms with Crippen LogP contribution in [0.2, 0.25) is 0 Å². The van der Waals surface area contributed by atoms with Gasteiger partial charge in [0.25, 0.3) is 5.91 Å². The summed E-state index contributed by atoms with van der Waals surface area (Å²) in [4.78, 5) is 12.0. The van der Waals surface area contributed by atoms with Crippen LogP contribution >= 0.6 is 12.4 Å². The van der Waals surface area contributed by atoms with Gasteiger partial charge in [-0.25, -0.2) is 0 Å². The molecule has 130 valence electrons. The van der Waals surface area contributed by atoms with E-state index in [1.54, 1.807) is 6.92 Å². The number of benzene rings is 1. The van der Waals surface area contributed by atoms with Gasteiger partial charge in [-0.05, 0) is 37.5 Å². The van der Waals surface area contributed by atoms with Crippen LogP contribution in [0.25, 0.3) is 0 Å². The minimum atomic E-state index is -0.435. The van der Waals surface area contributed by atoms with Crippen molar-refractivity contribution in [1.29, 1.82) is 5.41 Å². The van der Waals surface area contributed by atoms with Crippen molar-refractivity contribution in [2.75, 3.05) is 0 Å². The number of nitrogens with two attached hydrogens (primary N) is 1. The van der Waals surface area contributed by atoms with Crippen LogP contribution < -0.4 is 11.1 Å². The molecule has 0 aromatic heterocycles. The molecule has 0 fully saturated rings. The molecule has 0 aliphatic heterocycles. The number of unbranched alkanes of at least 4 members (excludes halogenated alkanes) is 5. The van der Waals surface area contributed by atoms with Gasteiger partial charge in [0.05, 0.1) is 6.04 Å². The van der Waals surface area contributed by atoms with Gasteiger partial charge in [0, 0.05) is 5.56 Å². The van der Waals surface area contributed by atoms with Gasteiger partial charge in [-0.1, -0.05) is 51.2 Å². The highest BCUT2D eigenvalue weighted by Crippen LogP contribution is 2.11. The molecule has 1 atom stereocenters. The summed E-state index contributed by atoms with van der Waals surface area (Å²) in [5.41, 5.74) is 7.23. The van der Waals surface area contributed by atoms with Crippen LogP contribution in [0.1, 0.15) is 68.3 Å². The summed E-state index contributed by atoms with van der Waals surface area (Å²) in [6, 6.07) is 7.28. The second-order valence-corrected chi connectivity index (χ2v) is 5.87. The van der Waals surface area contributed by atoms with Crippen LogP contribution in [-0.2, 0) is 6.42 Å². The predicted molar refractivity (Wildman–Crippen MR) is 99.6 cm³/mol. The Morgan fingerprint density at radius 3 is 2.26 bits per heavy atom. The van der Waals surface area contributed by atoms with Crippen LogP contribution in [0.3, 0.4) is 0 Å². The maximum atomic E-state index is 12.0. The van der Waals surface area contributed by atoms with E-state index in [9.17, 15) is 4.79 Å². The number of hydrogen-bond donors (Lipinski definition) is 3. The Morgan fingerprint density at radius 1 is 1.13 bits per heavy atom. The van der Waals surface area contributed by atoms with Gasteiger partial charge < -0.3 is 11.1 Å². The van der Waals surface area contributed by atoms with E-state index in [1.807, 2.05) is 24.3 Å². The molecule has 0 saturated carbocycles. The molecule has 4 nitrogen and oxygen atoms in total. The number of aryl methyl sites for hydroxylation is 1. The molecule has 4 N–H and O–H groups in total. The van der Waals surface area contributed by atoms with E-state index < -0.39 is 6.04 Å². The van der Waals surface area contributed by atoms with Gasteiger partial charge in [-0.15, -0.1) is 12.4 Å². The van der Waals surface area contributed by atoms with Crippen LogP contribution in [-0.4, -0.2) is 17.8 Å². The van der Waals surface area contributed by atoms with Crippen molar-refractivity contribution in [1.82, 2.24) is 5.32 Å². The average Bonchev–Trinajstić information content (AvgIpc) is 2.51. The van der Waals surface area contributed by atoms with Crippen LogP contribution in [0, 0.1) is 5.41 Å². The smallest absolute Gasteiger partial charge is 0.251 e. The highest BCUT2D eigenvalue weighted by atomic mass is 35.5. The largest absolute Gasteiger partial charge is 0.386 e. The van der Waals surface area contributed by atoms with Crippen LogP contribution in [0.15, 0.2) is 24.3 Å². The summed E-state index contributed by atoms with van der Waals surface area (Å²) in [5, 5.41) is 9.99. The first-order valence-electron chi connectivity index (χ1n) is 8.28. The summed E-state index contributed by atoms with van der Waals surface area (Å²) in [5.74, 6) is -0.221. The third-order valence-electron chi connectivity index (χ3n) is 3.85. The van der Waals surface area contributed by atoms with E-state index >= 15 is 0 Å². The third-order valence-corrected chi connectivity index (χ3v) is 3.85. The van der Waals surface area contributed by atoms with E-state index in [1.165, 1.54) is 44.1 Å². The Kier molecular flexibility index (Phi) is 11.1. The molecule has 0 heterocycles. The topological polar surface area (TPSA) is 79.0 Å². The normalized spacial score (nSPS) is 11.4. The van der Waals surface area contributed by atoms with Crippen molar-refractivity contribution < 1.29 is 4.79 Å². The zero-order valence-corrected chi connectivity index (χ0v) is 15.0. The fourth-order valence-electron chi connectivity index (χ4n) is 2.29. The number of halogens is 1. The summed E-state index contributed by atoms with van der Waals surface area (Å²) < 4.78 is 0. The zero-order valence-electron chi connectivity index (χ0n) is 14.2. The number of rotatable bonds is 10. The Hall–Kier alpha value is -1.55. The van der Waals surface area contributed by atoms with Crippen molar-refractivity contribution >= 4 is 24.1 Å². The lowest BCUT2D eigenvalue weighted by molar-refractivity contribution is 0.0949. The fourth-order valence-corrected chi connectivity index (χ4v) is 2.29. The predicted octanol–water partition coefficient (Wildman–Crippen LogP) is 4.07. The number of amides is 1. The van der Waals surface area contributed by atoms with Gasteiger partial charge in [0.1, 0.15) is 5.84 Å². The monoisotopic (exact) mass is 339 g/mol. The SMILES string of the molecule is CCCCCCCCc1ccc(C(=O)NC(C)C(=N)N)cc1.Cl. The quantitative estimate of drug-likeness (QED) is 0.341. The molecular formula is C18H30ClN3O. The van der Waals surface area contributed by atoms with Gasteiger partial charge in [0.15, 0.2) is 0 Å². The van der Waals surface area contributed by atoms with Crippen molar-refractivity contribution in [3.63, 3.8) is 0 Å². The molecule has 23 heavy (non-hydrogen) atoms. The second-order valence-electron chi connectivity index (χ2n) is 5.87. The standard InChI is InChI=1S/C18H29N3O.ClH/c1-3-4-5-6-7-8-9-15-10-12-16(13-11-15)18(22)21-14(2)17(19)20;/h10-14H,3-9H2,1-2H3,(H3,19,20)(H,21,22);1H. The summed E-state index contributed by atoms with van der Waals surface area (Å²) in [6.07, 6.45) is 8.82. The van der Waals surface area contributed by atoms with Crippen LogP contribution in [0.4, 0.5) is 0 Å². The molecule has 1 rings (SSSR count). The maximum absolute atomic E-state index is 12.0. The Morgan fingerprint density at radius 2 is 1.70 bits per heavy atom. The second kappa shape index (κ2) is 11.9. The Labute approximate surface area is 146 Å². The van der Waals surface area contributed by atoms with E-state index in [0.717, 1.165) is 6.42 Å². The molecule has 1 unspecified atom stereocenters. The molecule has 0 aliphatic carbocycles. The lowest BCUT2D eigenvalue weighted by Crippen LogP contribution is -2.41. The minimum absolute atomic E-state index is 0. The van der Waals surface area contributed by atoms with Crippen molar-refractivity contribution in [2.24, 2.45) is 5.73 Å². The minimum Gasteiger partial charge on any atom is -0.386 e. The zero-order chi connectivity index (χ0) is 16.4. The van der Waals surface area contributed by atoms with Gasteiger partial charge in [-0.2, -0.15) is 0 Å². The summed E-state index contributed by atoms with van der Waals surface area (Å²) in [6.45, 7) is 3.93. The van der Waals surface area contributed by atoms with Gasteiger partial charge in [-0.3, -0.25) is 10.2 Å².